The van der Waals surface area contributed by atoms with Crippen LogP contribution < -0.4 is 0 Å². The normalized spacial score (nSPS) is 18.8. The summed E-state index contributed by atoms with van der Waals surface area (Å²) in [5, 5.41) is 0. The maximum absolute atomic E-state index is 13.5. The molecule has 0 unspecified atom stereocenters. The molecule has 0 aliphatic heterocycles. The number of carbonyl (C=O) groups is 1. The van der Waals surface area contributed by atoms with Crippen molar-refractivity contribution in [3.05, 3.63) is 0 Å². The van der Waals surface area contributed by atoms with Gasteiger partial charge < -0.3 is 4.74 Å². The minimum absolute atomic E-state index is 0.0717. The zero-order chi connectivity index (χ0) is 18.1. The first-order chi connectivity index (χ1) is 10.3. The number of carbonyl (C=O) groups excluding carboxylic acids is 1. The van der Waals surface area contributed by atoms with E-state index in [0.717, 1.165) is 0 Å². The number of hydrogen-bond donors (Lipinski definition) is 0. The van der Waals surface area contributed by atoms with Crippen molar-refractivity contribution in [1.82, 2.24) is 0 Å². The number of halogens is 6. The van der Waals surface area contributed by atoms with Crippen molar-refractivity contribution in [2.45, 2.75) is 77.2 Å². The van der Waals surface area contributed by atoms with Gasteiger partial charge in [0.1, 0.15) is 0 Å². The first kappa shape index (κ1) is 20.1. The molecule has 8 heteroatoms. The summed E-state index contributed by atoms with van der Waals surface area (Å²) < 4.78 is 85.3. The third kappa shape index (κ3) is 3.76. The molecule has 1 aliphatic rings. The van der Waals surface area contributed by atoms with Crippen molar-refractivity contribution in [2.24, 2.45) is 11.3 Å². The lowest BCUT2D eigenvalue weighted by Gasteiger charge is -2.44. The summed E-state index contributed by atoms with van der Waals surface area (Å²) in [7, 11) is 0. The van der Waals surface area contributed by atoms with E-state index in [1.807, 2.05) is 0 Å². The Morgan fingerprint density at radius 2 is 1.39 bits per heavy atom. The lowest BCUT2D eigenvalue weighted by Crippen LogP contribution is -2.65. The van der Waals surface area contributed by atoms with Crippen LogP contribution in [0.3, 0.4) is 0 Å². The second-order valence-corrected chi connectivity index (χ2v) is 6.69. The van der Waals surface area contributed by atoms with E-state index in [1.165, 1.54) is 20.8 Å². The van der Waals surface area contributed by atoms with Crippen LogP contribution in [-0.4, -0.2) is 23.9 Å². The van der Waals surface area contributed by atoms with Crippen molar-refractivity contribution >= 4 is 5.97 Å². The molecule has 1 saturated carbocycles. The van der Waals surface area contributed by atoms with Gasteiger partial charge >= 0.3 is 23.9 Å². The van der Waals surface area contributed by atoms with Gasteiger partial charge in [-0.25, -0.2) is 0 Å². The first-order valence-electron chi connectivity index (χ1n) is 7.66. The van der Waals surface area contributed by atoms with Crippen molar-refractivity contribution in [1.29, 1.82) is 0 Å². The van der Waals surface area contributed by atoms with E-state index in [0.29, 0.717) is 6.42 Å². The number of alkyl halides is 6. The molecule has 0 aromatic heterocycles. The van der Waals surface area contributed by atoms with Gasteiger partial charge in [0.05, 0.1) is 5.41 Å². The average Bonchev–Trinajstić information content (AvgIpc) is 2.42. The molecule has 0 amide bonds. The summed E-state index contributed by atoms with van der Waals surface area (Å²) in [5.74, 6) is -3.27. The SMILES string of the molecule is CCC(C)(C)C(=O)OC(C1CCCCC1)(C(F)(F)F)C(F)(F)F. The molecule has 0 radical (unpaired) electrons. The second-order valence-electron chi connectivity index (χ2n) is 6.69. The van der Waals surface area contributed by atoms with E-state index in [2.05, 4.69) is 4.74 Å². The molecule has 0 heterocycles. The van der Waals surface area contributed by atoms with E-state index < -0.39 is 35.3 Å². The lowest BCUT2D eigenvalue weighted by atomic mass is 9.75. The van der Waals surface area contributed by atoms with Gasteiger partial charge in [-0.05, 0) is 33.1 Å². The largest absolute Gasteiger partial charge is 0.439 e. The molecule has 2 nitrogen and oxygen atoms in total. The smallest absolute Gasteiger partial charge is 0.437 e. The van der Waals surface area contributed by atoms with Crippen LogP contribution in [0.1, 0.15) is 59.3 Å². The first-order valence-corrected chi connectivity index (χ1v) is 7.66. The molecule has 0 aromatic carbocycles. The molecule has 23 heavy (non-hydrogen) atoms. The van der Waals surface area contributed by atoms with Gasteiger partial charge in [0, 0.05) is 5.92 Å². The Hall–Kier alpha value is -0.950. The Balaban J connectivity index is 3.36. The Morgan fingerprint density at radius 1 is 0.957 bits per heavy atom. The Morgan fingerprint density at radius 3 is 1.74 bits per heavy atom. The maximum atomic E-state index is 13.5. The highest BCUT2D eigenvalue weighted by atomic mass is 19.4. The van der Waals surface area contributed by atoms with E-state index in [9.17, 15) is 31.1 Å². The summed E-state index contributed by atoms with van der Waals surface area (Å²) in [6, 6.07) is 0. The van der Waals surface area contributed by atoms with E-state index in [4.69, 9.17) is 0 Å². The second kappa shape index (κ2) is 6.51. The van der Waals surface area contributed by atoms with Crippen molar-refractivity contribution in [2.75, 3.05) is 0 Å². The number of hydrogen-bond acceptors (Lipinski definition) is 2. The fourth-order valence-corrected chi connectivity index (χ4v) is 2.76. The molecule has 1 aliphatic carbocycles. The van der Waals surface area contributed by atoms with Crippen LogP contribution in [0.5, 0.6) is 0 Å². The maximum Gasteiger partial charge on any atom is 0.437 e. The molecule has 1 rings (SSSR count). The van der Waals surface area contributed by atoms with E-state index in [-0.39, 0.29) is 32.1 Å². The molecule has 0 N–H and O–H groups in total. The molecule has 0 aromatic rings. The predicted octanol–water partition coefficient (Wildman–Crippen LogP) is 5.41. The van der Waals surface area contributed by atoms with Gasteiger partial charge in [0.25, 0.3) is 0 Å². The van der Waals surface area contributed by atoms with Gasteiger partial charge in [-0.15, -0.1) is 0 Å². The number of rotatable bonds is 4. The predicted molar refractivity (Wildman–Crippen MR) is 71.6 cm³/mol. The molecule has 136 valence electrons. The highest BCUT2D eigenvalue weighted by molar-refractivity contribution is 5.76. The molecular weight excluding hydrogens is 326 g/mol. The van der Waals surface area contributed by atoms with Gasteiger partial charge in [-0.2, -0.15) is 26.3 Å². The van der Waals surface area contributed by atoms with Crippen molar-refractivity contribution < 1.29 is 35.9 Å². The zero-order valence-corrected chi connectivity index (χ0v) is 13.4. The third-order valence-corrected chi connectivity index (χ3v) is 4.71. The van der Waals surface area contributed by atoms with Crippen LogP contribution in [0.25, 0.3) is 0 Å². The van der Waals surface area contributed by atoms with Crippen molar-refractivity contribution in [3.8, 4) is 0 Å². The minimum Gasteiger partial charge on any atom is -0.439 e. The summed E-state index contributed by atoms with van der Waals surface area (Å²) in [5.41, 5.74) is -5.85. The molecule has 1 fully saturated rings. The van der Waals surface area contributed by atoms with E-state index >= 15 is 0 Å². The number of esters is 1. The Labute approximate surface area is 131 Å². The molecule has 0 spiro atoms. The Kier molecular flexibility index (Phi) is 5.69. The Bertz CT molecular complexity index is 405. The van der Waals surface area contributed by atoms with Crippen LogP contribution in [-0.2, 0) is 9.53 Å². The van der Waals surface area contributed by atoms with Gasteiger partial charge in [0.15, 0.2) is 0 Å². The summed E-state index contributed by atoms with van der Waals surface area (Å²) in [6.07, 6.45) is -10.8. The third-order valence-electron chi connectivity index (χ3n) is 4.71. The standard InChI is InChI=1S/C15H22F6O2/c1-4-12(2,3)11(22)23-13(14(16,17)18,15(19,20)21)10-8-6-5-7-9-10/h10H,4-9H2,1-3H3. The molecule has 0 saturated heterocycles. The topological polar surface area (TPSA) is 26.3 Å². The summed E-state index contributed by atoms with van der Waals surface area (Å²) in [4.78, 5) is 12.0. The van der Waals surface area contributed by atoms with Gasteiger partial charge in [-0.3, -0.25) is 4.79 Å². The molecule has 0 bridgehead atoms. The fraction of sp³-hybridized carbons (Fsp3) is 0.933. The van der Waals surface area contributed by atoms with Crippen LogP contribution in [0.15, 0.2) is 0 Å². The van der Waals surface area contributed by atoms with Crippen LogP contribution >= 0.6 is 0 Å². The quantitative estimate of drug-likeness (QED) is 0.502. The summed E-state index contributed by atoms with van der Waals surface area (Å²) >= 11 is 0. The number of ether oxygens (including phenoxy) is 1. The van der Waals surface area contributed by atoms with Crippen LogP contribution in [0.2, 0.25) is 0 Å². The monoisotopic (exact) mass is 348 g/mol. The average molecular weight is 348 g/mol. The van der Waals surface area contributed by atoms with Crippen LogP contribution in [0, 0.1) is 11.3 Å². The molecule has 0 atom stereocenters. The fourth-order valence-electron chi connectivity index (χ4n) is 2.76. The van der Waals surface area contributed by atoms with Gasteiger partial charge in [0.2, 0.25) is 0 Å². The highest BCUT2D eigenvalue weighted by Crippen LogP contribution is 2.54. The lowest BCUT2D eigenvalue weighted by molar-refractivity contribution is -0.389. The summed E-state index contributed by atoms with van der Waals surface area (Å²) in [6.45, 7) is 4.05. The van der Waals surface area contributed by atoms with Gasteiger partial charge in [-0.1, -0.05) is 26.2 Å². The zero-order valence-electron chi connectivity index (χ0n) is 13.4. The van der Waals surface area contributed by atoms with E-state index in [1.54, 1.807) is 0 Å². The highest BCUT2D eigenvalue weighted by Gasteiger charge is 2.77. The molecular formula is C15H22F6O2. The van der Waals surface area contributed by atoms with Crippen LogP contribution in [0.4, 0.5) is 26.3 Å². The van der Waals surface area contributed by atoms with Crippen molar-refractivity contribution in [3.63, 3.8) is 0 Å². The minimum atomic E-state index is -5.72.